The summed E-state index contributed by atoms with van der Waals surface area (Å²) in [6.07, 6.45) is 1.79. The van der Waals surface area contributed by atoms with Crippen LogP contribution in [0, 0.1) is 0 Å². The van der Waals surface area contributed by atoms with E-state index in [9.17, 15) is 9.90 Å². The molecule has 20 heavy (non-hydrogen) atoms. The van der Waals surface area contributed by atoms with Crippen molar-refractivity contribution in [2.45, 2.75) is 51.8 Å². The summed E-state index contributed by atoms with van der Waals surface area (Å²) in [7, 11) is 0. The van der Waals surface area contributed by atoms with Crippen molar-refractivity contribution in [3.8, 4) is 5.75 Å². The van der Waals surface area contributed by atoms with E-state index in [1.807, 2.05) is 49.9 Å². The highest BCUT2D eigenvalue weighted by molar-refractivity contribution is 5.78. The Bertz CT molecular complexity index is 486. The van der Waals surface area contributed by atoms with E-state index in [1.54, 1.807) is 0 Å². The Kier molecular flexibility index (Phi) is 4.33. The van der Waals surface area contributed by atoms with Crippen molar-refractivity contribution in [3.63, 3.8) is 0 Å². The van der Waals surface area contributed by atoms with Gasteiger partial charge in [-0.2, -0.15) is 0 Å². The van der Waals surface area contributed by atoms with E-state index in [0.717, 1.165) is 24.3 Å². The van der Waals surface area contributed by atoms with Crippen molar-refractivity contribution in [3.05, 3.63) is 29.8 Å². The summed E-state index contributed by atoms with van der Waals surface area (Å²) in [5.74, 6) is 0.110. The fourth-order valence-corrected chi connectivity index (χ4v) is 2.72. The molecule has 1 aliphatic heterocycles. The molecule has 1 aromatic rings. The molecule has 0 bridgehead atoms. The molecule has 1 aromatic carbocycles. The van der Waals surface area contributed by atoms with Gasteiger partial charge in [-0.1, -0.05) is 12.1 Å². The third-order valence-corrected chi connectivity index (χ3v) is 3.89. The molecule has 1 aliphatic rings. The molecule has 4 heteroatoms. The van der Waals surface area contributed by atoms with Gasteiger partial charge in [-0.25, -0.2) is 0 Å². The second-order valence-corrected chi connectivity index (χ2v) is 5.92. The van der Waals surface area contributed by atoms with Crippen LogP contribution in [-0.2, 0) is 11.3 Å². The molecule has 0 aromatic heterocycles. The van der Waals surface area contributed by atoms with Gasteiger partial charge in [0.15, 0.2) is 0 Å². The lowest BCUT2D eigenvalue weighted by Gasteiger charge is -2.31. The Morgan fingerprint density at radius 2 is 2.25 bits per heavy atom. The number of likely N-dealkylation sites (tertiary alicyclic amines) is 1. The van der Waals surface area contributed by atoms with Gasteiger partial charge in [0, 0.05) is 6.54 Å². The van der Waals surface area contributed by atoms with Crippen LogP contribution in [0.15, 0.2) is 24.3 Å². The van der Waals surface area contributed by atoms with Crippen molar-refractivity contribution in [1.82, 2.24) is 4.90 Å². The van der Waals surface area contributed by atoms with Crippen molar-refractivity contribution < 1.29 is 14.6 Å². The van der Waals surface area contributed by atoms with E-state index < -0.39 is 11.5 Å². The molecule has 1 N–H and O–H groups in total. The van der Waals surface area contributed by atoms with Gasteiger partial charge in [-0.3, -0.25) is 9.69 Å². The number of aliphatic carboxylic acids is 1. The fourth-order valence-electron chi connectivity index (χ4n) is 2.72. The molecule has 1 fully saturated rings. The summed E-state index contributed by atoms with van der Waals surface area (Å²) < 4.78 is 5.68. The summed E-state index contributed by atoms with van der Waals surface area (Å²) in [4.78, 5) is 13.5. The number of hydrogen-bond acceptors (Lipinski definition) is 3. The summed E-state index contributed by atoms with van der Waals surface area (Å²) in [5, 5.41) is 9.43. The molecule has 0 spiro atoms. The van der Waals surface area contributed by atoms with Crippen molar-refractivity contribution in [2.24, 2.45) is 0 Å². The summed E-state index contributed by atoms with van der Waals surface area (Å²) in [6, 6.07) is 7.92. The smallest absolute Gasteiger partial charge is 0.323 e. The SMILES string of the molecule is CC(C)Oc1cccc(CN2CCCC2(C)C(=O)O)c1. The van der Waals surface area contributed by atoms with Gasteiger partial charge in [0.2, 0.25) is 0 Å². The Balaban J connectivity index is 2.11. The monoisotopic (exact) mass is 277 g/mol. The van der Waals surface area contributed by atoms with Crippen LogP contribution in [0.4, 0.5) is 0 Å². The highest BCUT2D eigenvalue weighted by Gasteiger charge is 2.43. The topological polar surface area (TPSA) is 49.8 Å². The van der Waals surface area contributed by atoms with Crippen LogP contribution < -0.4 is 4.74 Å². The lowest BCUT2D eigenvalue weighted by Crippen LogP contribution is -2.47. The van der Waals surface area contributed by atoms with E-state index in [4.69, 9.17) is 4.74 Å². The third-order valence-electron chi connectivity index (χ3n) is 3.89. The zero-order valence-corrected chi connectivity index (χ0v) is 12.4. The Morgan fingerprint density at radius 1 is 1.50 bits per heavy atom. The van der Waals surface area contributed by atoms with Crippen LogP contribution in [0.1, 0.15) is 39.2 Å². The van der Waals surface area contributed by atoms with E-state index in [2.05, 4.69) is 0 Å². The maximum absolute atomic E-state index is 11.5. The number of hydrogen-bond donors (Lipinski definition) is 1. The minimum atomic E-state index is -0.741. The molecule has 110 valence electrons. The second kappa shape index (κ2) is 5.83. The molecule has 0 radical (unpaired) electrons. The molecule has 2 rings (SSSR count). The second-order valence-electron chi connectivity index (χ2n) is 5.92. The predicted octanol–water partition coefficient (Wildman–Crippen LogP) is 2.91. The lowest BCUT2D eigenvalue weighted by atomic mass is 9.99. The van der Waals surface area contributed by atoms with Gasteiger partial charge in [-0.05, 0) is 57.9 Å². The molecule has 1 heterocycles. The standard InChI is InChI=1S/C16H23NO3/c1-12(2)20-14-7-4-6-13(10-14)11-17-9-5-8-16(17,3)15(18)19/h4,6-7,10,12H,5,8-9,11H2,1-3H3,(H,18,19). The normalized spacial score (nSPS) is 23.2. The minimum Gasteiger partial charge on any atom is -0.491 e. The van der Waals surface area contributed by atoms with Gasteiger partial charge >= 0.3 is 5.97 Å². The van der Waals surface area contributed by atoms with Crippen LogP contribution in [-0.4, -0.2) is 34.2 Å². The number of carbonyl (C=O) groups is 1. The maximum Gasteiger partial charge on any atom is 0.323 e. The van der Waals surface area contributed by atoms with Gasteiger partial charge in [0.1, 0.15) is 11.3 Å². The summed E-state index contributed by atoms with van der Waals surface area (Å²) in [5.41, 5.74) is 0.354. The number of ether oxygens (including phenoxy) is 1. The molecule has 4 nitrogen and oxygen atoms in total. The first-order valence-corrected chi connectivity index (χ1v) is 7.16. The number of nitrogens with zero attached hydrogens (tertiary/aromatic N) is 1. The molecule has 0 aliphatic carbocycles. The van der Waals surface area contributed by atoms with Crippen LogP contribution in [0.25, 0.3) is 0 Å². The third kappa shape index (κ3) is 3.12. The fraction of sp³-hybridized carbons (Fsp3) is 0.562. The zero-order chi connectivity index (χ0) is 14.8. The van der Waals surface area contributed by atoms with E-state index in [-0.39, 0.29) is 6.10 Å². The molecular formula is C16H23NO3. The van der Waals surface area contributed by atoms with Gasteiger partial charge in [-0.15, -0.1) is 0 Å². The number of benzene rings is 1. The van der Waals surface area contributed by atoms with E-state index in [0.29, 0.717) is 13.0 Å². The van der Waals surface area contributed by atoms with Crippen molar-refractivity contribution >= 4 is 5.97 Å². The van der Waals surface area contributed by atoms with E-state index >= 15 is 0 Å². The first-order chi connectivity index (χ1) is 9.41. The van der Waals surface area contributed by atoms with Crippen LogP contribution in [0.2, 0.25) is 0 Å². The average Bonchev–Trinajstić information content (AvgIpc) is 2.72. The average molecular weight is 277 g/mol. The summed E-state index contributed by atoms with van der Waals surface area (Å²) >= 11 is 0. The van der Waals surface area contributed by atoms with Crippen molar-refractivity contribution in [2.75, 3.05) is 6.54 Å². The Morgan fingerprint density at radius 3 is 2.90 bits per heavy atom. The maximum atomic E-state index is 11.5. The van der Waals surface area contributed by atoms with Crippen LogP contribution >= 0.6 is 0 Å². The quantitative estimate of drug-likeness (QED) is 0.899. The van der Waals surface area contributed by atoms with E-state index in [1.165, 1.54) is 0 Å². The van der Waals surface area contributed by atoms with Crippen molar-refractivity contribution in [1.29, 1.82) is 0 Å². The Labute approximate surface area is 120 Å². The van der Waals surface area contributed by atoms with Gasteiger partial charge in [0.25, 0.3) is 0 Å². The zero-order valence-electron chi connectivity index (χ0n) is 12.4. The summed E-state index contributed by atoms with van der Waals surface area (Å²) in [6.45, 7) is 7.29. The number of carboxylic acid groups (broad SMARTS) is 1. The highest BCUT2D eigenvalue weighted by Crippen LogP contribution is 2.31. The molecule has 0 amide bonds. The Hall–Kier alpha value is -1.55. The highest BCUT2D eigenvalue weighted by atomic mass is 16.5. The first-order valence-electron chi connectivity index (χ1n) is 7.16. The van der Waals surface area contributed by atoms with Gasteiger partial charge < -0.3 is 9.84 Å². The number of rotatable bonds is 5. The van der Waals surface area contributed by atoms with Crippen LogP contribution in [0.3, 0.4) is 0 Å². The molecular weight excluding hydrogens is 254 g/mol. The minimum absolute atomic E-state index is 0.140. The molecule has 1 unspecified atom stereocenters. The molecule has 1 atom stereocenters. The number of carboxylic acids is 1. The molecule has 0 saturated carbocycles. The lowest BCUT2D eigenvalue weighted by molar-refractivity contribution is -0.148. The van der Waals surface area contributed by atoms with Gasteiger partial charge in [0.05, 0.1) is 6.10 Å². The largest absolute Gasteiger partial charge is 0.491 e. The predicted molar refractivity (Wildman–Crippen MR) is 77.9 cm³/mol. The molecule has 1 saturated heterocycles. The van der Waals surface area contributed by atoms with Crippen LogP contribution in [0.5, 0.6) is 5.75 Å². The first kappa shape index (κ1) is 14.9.